The molecule has 5 N–H and O–H groups in total. The van der Waals surface area contributed by atoms with Gasteiger partial charge >= 0.3 is 6.09 Å². The number of hydrogen-bond acceptors (Lipinski definition) is 3. The van der Waals surface area contributed by atoms with Crippen molar-refractivity contribution < 1.29 is 15.0 Å². The Hall–Kier alpha value is -1.30. The average Bonchev–Trinajstić information content (AvgIpc) is 2.15. The Balaban J connectivity index is 0.00000289. The number of amidine groups is 1. The zero-order valence-corrected chi connectivity index (χ0v) is 11.5. The lowest BCUT2D eigenvalue weighted by Gasteiger charge is -2.33. The van der Waals surface area contributed by atoms with Crippen molar-refractivity contribution in [1.82, 2.24) is 4.90 Å². The molecule has 0 radical (unpaired) electrons. The first kappa shape index (κ1) is 16.7. The standard InChI is InChI=1S/C12H23N3O2.H2O/c1-12(2,3)17-11(16)15-6-4-9(5-7-15)8-10(13)14;/h9H,4-8H2,1-3H3,(H3,13,14);1H2. The third kappa shape index (κ3) is 5.86. The molecule has 1 fully saturated rings. The predicted octanol–water partition coefficient (Wildman–Crippen LogP) is 1.13. The molecule has 106 valence electrons. The summed E-state index contributed by atoms with van der Waals surface area (Å²) >= 11 is 0. The van der Waals surface area contributed by atoms with E-state index in [9.17, 15) is 4.79 Å². The van der Waals surface area contributed by atoms with Crippen molar-refractivity contribution in [3.05, 3.63) is 0 Å². The van der Waals surface area contributed by atoms with Gasteiger partial charge in [-0.1, -0.05) is 0 Å². The Morgan fingerprint density at radius 3 is 2.28 bits per heavy atom. The maximum atomic E-state index is 11.8. The minimum Gasteiger partial charge on any atom is -0.444 e. The Morgan fingerprint density at radius 1 is 1.39 bits per heavy atom. The van der Waals surface area contributed by atoms with Crippen LogP contribution in [0.2, 0.25) is 0 Å². The molecular formula is C12H25N3O3. The van der Waals surface area contributed by atoms with Crippen LogP contribution in [0.15, 0.2) is 0 Å². The van der Waals surface area contributed by atoms with E-state index in [-0.39, 0.29) is 17.4 Å². The lowest BCUT2D eigenvalue weighted by atomic mass is 9.93. The Kier molecular flexibility index (Phi) is 6.11. The minimum atomic E-state index is -0.437. The number of nitrogens with zero attached hydrogens (tertiary/aromatic N) is 1. The lowest BCUT2D eigenvalue weighted by molar-refractivity contribution is 0.0186. The van der Waals surface area contributed by atoms with Gasteiger partial charge in [0, 0.05) is 19.5 Å². The van der Waals surface area contributed by atoms with Crippen molar-refractivity contribution in [3.63, 3.8) is 0 Å². The van der Waals surface area contributed by atoms with Gasteiger partial charge in [-0.2, -0.15) is 0 Å². The number of carbonyl (C=O) groups is 1. The van der Waals surface area contributed by atoms with Gasteiger partial charge in [-0.05, 0) is 39.5 Å². The number of hydrogen-bond donors (Lipinski definition) is 2. The number of ether oxygens (including phenoxy) is 1. The highest BCUT2D eigenvalue weighted by molar-refractivity contribution is 5.77. The van der Waals surface area contributed by atoms with Gasteiger partial charge in [-0.25, -0.2) is 4.79 Å². The van der Waals surface area contributed by atoms with Gasteiger partial charge < -0.3 is 20.8 Å². The first-order valence-corrected chi connectivity index (χ1v) is 6.09. The van der Waals surface area contributed by atoms with Crippen LogP contribution in [0.3, 0.4) is 0 Å². The number of nitrogens with two attached hydrogens (primary N) is 1. The predicted molar refractivity (Wildman–Crippen MR) is 70.7 cm³/mol. The van der Waals surface area contributed by atoms with Crippen LogP contribution in [0.1, 0.15) is 40.0 Å². The fraction of sp³-hybridized carbons (Fsp3) is 0.833. The van der Waals surface area contributed by atoms with Crippen LogP contribution < -0.4 is 5.73 Å². The van der Waals surface area contributed by atoms with Crippen molar-refractivity contribution in [1.29, 1.82) is 5.41 Å². The molecule has 0 aromatic heterocycles. The second-order valence-corrected chi connectivity index (χ2v) is 5.64. The lowest BCUT2D eigenvalue weighted by Crippen LogP contribution is -2.42. The van der Waals surface area contributed by atoms with Crippen molar-refractivity contribution in [2.24, 2.45) is 11.7 Å². The van der Waals surface area contributed by atoms with E-state index in [4.69, 9.17) is 15.9 Å². The molecule has 1 rings (SSSR count). The highest BCUT2D eigenvalue weighted by Gasteiger charge is 2.26. The number of nitrogens with one attached hydrogen (secondary N) is 1. The number of carbonyl (C=O) groups excluding carboxylic acids is 1. The van der Waals surface area contributed by atoms with E-state index in [2.05, 4.69) is 0 Å². The molecule has 6 nitrogen and oxygen atoms in total. The molecule has 1 aliphatic heterocycles. The summed E-state index contributed by atoms with van der Waals surface area (Å²) < 4.78 is 5.31. The molecule has 0 bridgehead atoms. The molecular weight excluding hydrogens is 234 g/mol. The monoisotopic (exact) mass is 259 g/mol. The molecule has 1 aliphatic rings. The highest BCUT2D eigenvalue weighted by atomic mass is 16.6. The van der Waals surface area contributed by atoms with E-state index in [1.165, 1.54) is 0 Å². The fourth-order valence-electron chi connectivity index (χ4n) is 1.96. The minimum absolute atomic E-state index is 0. The van der Waals surface area contributed by atoms with Crippen LogP contribution in [-0.4, -0.2) is 41.0 Å². The molecule has 18 heavy (non-hydrogen) atoms. The summed E-state index contributed by atoms with van der Waals surface area (Å²) in [6.45, 7) is 7.01. The number of amides is 1. The summed E-state index contributed by atoms with van der Waals surface area (Å²) in [5.74, 6) is 0.673. The molecule has 1 heterocycles. The molecule has 0 atom stereocenters. The highest BCUT2D eigenvalue weighted by Crippen LogP contribution is 2.21. The normalized spacial score (nSPS) is 16.9. The van der Waals surface area contributed by atoms with Crippen LogP contribution in [0.25, 0.3) is 0 Å². The topological polar surface area (TPSA) is 111 Å². The van der Waals surface area contributed by atoms with E-state index < -0.39 is 5.60 Å². The van der Waals surface area contributed by atoms with Crippen molar-refractivity contribution >= 4 is 11.9 Å². The van der Waals surface area contributed by atoms with Gasteiger partial charge in [0.2, 0.25) is 0 Å². The maximum Gasteiger partial charge on any atom is 0.410 e. The van der Waals surface area contributed by atoms with E-state index in [0.717, 1.165) is 12.8 Å². The van der Waals surface area contributed by atoms with Crippen LogP contribution in [0, 0.1) is 11.3 Å². The van der Waals surface area contributed by atoms with Crippen LogP contribution in [0.4, 0.5) is 4.79 Å². The van der Waals surface area contributed by atoms with Crippen LogP contribution in [0.5, 0.6) is 0 Å². The van der Waals surface area contributed by atoms with E-state index in [1.54, 1.807) is 4.90 Å². The summed E-state index contributed by atoms with van der Waals surface area (Å²) in [5.41, 5.74) is 4.94. The first-order valence-electron chi connectivity index (χ1n) is 6.09. The van der Waals surface area contributed by atoms with E-state index in [1.807, 2.05) is 20.8 Å². The van der Waals surface area contributed by atoms with Gasteiger partial charge in [0.15, 0.2) is 0 Å². The molecule has 1 saturated heterocycles. The summed E-state index contributed by atoms with van der Waals surface area (Å²) in [4.78, 5) is 13.5. The molecule has 0 aromatic rings. The summed E-state index contributed by atoms with van der Waals surface area (Å²) in [6.07, 6.45) is 2.21. The fourth-order valence-corrected chi connectivity index (χ4v) is 1.96. The van der Waals surface area contributed by atoms with Gasteiger partial charge in [0.05, 0.1) is 5.84 Å². The maximum absolute atomic E-state index is 11.8. The van der Waals surface area contributed by atoms with Gasteiger partial charge in [0.25, 0.3) is 0 Å². The summed E-state index contributed by atoms with van der Waals surface area (Å²) in [5, 5.41) is 7.26. The molecule has 0 saturated carbocycles. The zero-order valence-electron chi connectivity index (χ0n) is 11.5. The van der Waals surface area contributed by atoms with Gasteiger partial charge in [-0.15, -0.1) is 0 Å². The average molecular weight is 259 g/mol. The van der Waals surface area contributed by atoms with Crippen molar-refractivity contribution in [2.45, 2.75) is 45.6 Å². The smallest absolute Gasteiger partial charge is 0.410 e. The largest absolute Gasteiger partial charge is 0.444 e. The van der Waals surface area contributed by atoms with E-state index >= 15 is 0 Å². The number of rotatable bonds is 2. The molecule has 0 aliphatic carbocycles. The number of likely N-dealkylation sites (tertiary alicyclic amines) is 1. The molecule has 0 aromatic carbocycles. The second-order valence-electron chi connectivity index (χ2n) is 5.64. The Morgan fingerprint density at radius 2 is 1.89 bits per heavy atom. The van der Waals surface area contributed by atoms with Crippen LogP contribution >= 0.6 is 0 Å². The summed E-state index contributed by atoms with van der Waals surface area (Å²) in [6, 6.07) is 0. The number of piperidine rings is 1. The van der Waals surface area contributed by atoms with Gasteiger partial charge in [0.1, 0.15) is 5.60 Å². The third-order valence-corrected chi connectivity index (χ3v) is 2.77. The summed E-state index contributed by atoms with van der Waals surface area (Å²) in [7, 11) is 0. The molecule has 6 heteroatoms. The third-order valence-electron chi connectivity index (χ3n) is 2.77. The SMILES string of the molecule is CC(C)(C)OC(=O)N1CCC(CC(=N)N)CC1.O. The molecule has 1 amide bonds. The molecule has 0 spiro atoms. The van der Waals surface area contributed by atoms with Gasteiger partial charge in [-0.3, -0.25) is 5.41 Å². The first-order chi connectivity index (χ1) is 7.78. The van der Waals surface area contributed by atoms with Crippen molar-refractivity contribution in [2.75, 3.05) is 13.1 Å². The quantitative estimate of drug-likeness (QED) is 0.572. The Labute approximate surface area is 108 Å². The van der Waals surface area contributed by atoms with Crippen molar-refractivity contribution in [3.8, 4) is 0 Å². The molecule has 0 unspecified atom stereocenters. The van der Waals surface area contributed by atoms with E-state index in [0.29, 0.717) is 25.4 Å². The van der Waals surface area contributed by atoms with Crippen LogP contribution in [-0.2, 0) is 4.74 Å². The Bertz CT molecular complexity index is 291. The zero-order chi connectivity index (χ0) is 13.1. The second kappa shape index (κ2) is 6.58.